The molecule has 5 aromatic carbocycles. The predicted molar refractivity (Wildman–Crippen MR) is 129 cm³/mol. The highest BCUT2D eigenvalue weighted by atomic mass is 16.4. The molecule has 0 radical (unpaired) electrons. The van der Waals surface area contributed by atoms with Crippen molar-refractivity contribution in [2.75, 3.05) is 0 Å². The Hall–Kier alpha value is -3.40. The third kappa shape index (κ3) is 3.28. The second-order valence-electron chi connectivity index (χ2n) is 7.20. The van der Waals surface area contributed by atoms with Gasteiger partial charge in [0.1, 0.15) is 0 Å². The van der Waals surface area contributed by atoms with Gasteiger partial charge in [0, 0.05) is 0 Å². The summed E-state index contributed by atoms with van der Waals surface area (Å²) in [7, 11) is -1.53. The van der Waals surface area contributed by atoms with Crippen LogP contribution in [0.5, 0.6) is 0 Å². The van der Waals surface area contributed by atoms with E-state index in [-0.39, 0.29) is 7.43 Å². The highest BCUT2D eigenvalue weighted by Crippen LogP contribution is 2.37. The first-order valence-electron chi connectivity index (χ1n) is 9.69. The Balaban J connectivity index is 0.00000218. The lowest BCUT2D eigenvalue weighted by Gasteiger charge is -2.17. The Morgan fingerprint density at radius 3 is 1.50 bits per heavy atom. The zero-order chi connectivity index (χ0) is 19.8. The Morgan fingerprint density at radius 1 is 0.467 bits per heavy atom. The van der Waals surface area contributed by atoms with Gasteiger partial charge in [0.25, 0.3) is 0 Å². The first-order valence-corrected chi connectivity index (χ1v) is 9.69. The topological polar surface area (TPSA) is 40.5 Å². The summed E-state index contributed by atoms with van der Waals surface area (Å²) < 4.78 is 0. The Labute approximate surface area is 177 Å². The van der Waals surface area contributed by atoms with Crippen LogP contribution in [0.2, 0.25) is 0 Å². The van der Waals surface area contributed by atoms with E-state index in [9.17, 15) is 10.0 Å². The van der Waals surface area contributed by atoms with Crippen molar-refractivity contribution >= 4 is 34.1 Å². The molecule has 0 saturated carbocycles. The highest BCUT2D eigenvalue weighted by Gasteiger charge is 2.22. The molecule has 0 saturated heterocycles. The van der Waals surface area contributed by atoms with E-state index < -0.39 is 7.12 Å². The molecule has 0 aromatic heterocycles. The summed E-state index contributed by atoms with van der Waals surface area (Å²) in [6.07, 6.45) is 0. The fourth-order valence-electron chi connectivity index (χ4n) is 4.24. The first kappa shape index (κ1) is 19.9. The van der Waals surface area contributed by atoms with Gasteiger partial charge in [-0.3, -0.25) is 0 Å². The van der Waals surface area contributed by atoms with E-state index >= 15 is 0 Å². The molecular weight excluding hydrogens is 367 g/mol. The van der Waals surface area contributed by atoms with Crippen LogP contribution in [0.25, 0.3) is 43.8 Å². The van der Waals surface area contributed by atoms with Crippen molar-refractivity contribution in [2.45, 2.75) is 7.43 Å². The van der Waals surface area contributed by atoms with Crippen molar-refractivity contribution in [1.29, 1.82) is 0 Å². The molecule has 0 atom stereocenters. The van der Waals surface area contributed by atoms with Crippen molar-refractivity contribution in [3.63, 3.8) is 0 Å². The van der Waals surface area contributed by atoms with Crippen LogP contribution in [0.15, 0.2) is 103 Å². The largest absolute Gasteiger partial charge is 0.489 e. The van der Waals surface area contributed by atoms with Gasteiger partial charge in [-0.2, -0.15) is 0 Å². The Bertz CT molecular complexity index is 1270. The molecule has 3 heteroatoms. The summed E-state index contributed by atoms with van der Waals surface area (Å²) in [5.74, 6) is 0. The van der Waals surface area contributed by atoms with Gasteiger partial charge in [0.15, 0.2) is 0 Å². The summed E-state index contributed by atoms with van der Waals surface area (Å²) in [5.41, 5.74) is 5.10. The molecule has 0 aliphatic carbocycles. The molecule has 5 rings (SSSR count). The van der Waals surface area contributed by atoms with Gasteiger partial charge < -0.3 is 10.0 Å². The third-order valence-corrected chi connectivity index (χ3v) is 5.49. The second-order valence-corrected chi connectivity index (χ2v) is 7.20. The molecule has 0 heterocycles. The zero-order valence-electron chi connectivity index (χ0n) is 15.8. The molecule has 2 nitrogen and oxygen atoms in total. The maximum absolute atomic E-state index is 10.1. The summed E-state index contributed by atoms with van der Waals surface area (Å²) in [6.45, 7) is 0. The monoisotopic (exact) mass is 390 g/mol. The van der Waals surface area contributed by atoms with Gasteiger partial charge in [-0.25, -0.2) is 0 Å². The van der Waals surface area contributed by atoms with E-state index in [1.54, 1.807) is 0 Å². The van der Waals surface area contributed by atoms with Crippen molar-refractivity contribution in [3.8, 4) is 22.3 Å². The highest BCUT2D eigenvalue weighted by molar-refractivity contribution is 6.66. The fraction of sp³-hybridized carbons (Fsp3) is 0.0370. The van der Waals surface area contributed by atoms with Crippen LogP contribution in [0.3, 0.4) is 0 Å². The molecule has 0 unspecified atom stereocenters. The Kier molecular flexibility index (Phi) is 5.41. The van der Waals surface area contributed by atoms with E-state index in [0.717, 1.165) is 38.2 Å². The van der Waals surface area contributed by atoms with Crippen LogP contribution >= 0.6 is 0 Å². The lowest BCUT2D eigenvalue weighted by molar-refractivity contribution is 0.426. The number of hydrogen-bond acceptors (Lipinski definition) is 2. The SMILES string of the molecule is C.OB(O)c1c2ccccc2c(-c2cccc(-c3ccccc3)c2)c2ccccc12. The van der Waals surface area contributed by atoms with Gasteiger partial charge >= 0.3 is 7.12 Å². The van der Waals surface area contributed by atoms with Crippen LogP contribution < -0.4 is 5.46 Å². The zero-order valence-corrected chi connectivity index (χ0v) is 15.8. The fourth-order valence-corrected chi connectivity index (χ4v) is 4.24. The summed E-state index contributed by atoms with van der Waals surface area (Å²) in [4.78, 5) is 0. The van der Waals surface area contributed by atoms with E-state index in [1.807, 2.05) is 54.6 Å². The van der Waals surface area contributed by atoms with Gasteiger partial charge in [-0.1, -0.05) is 104 Å². The van der Waals surface area contributed by atoms with Gasteiger partial charge in [-0.15, -0.1) is 0 Å². The van der Waals surface area contributed by atoms with Crippen molar-refractivity contribution < 1.29 is 10.0 Å². The minimum atomic E-state index is -1.53. The molecule has 0 aliphatic heterocycles. The summed E-state index contributed by atoms with van der Waals surface area (Å²) in [6, 6.07) is 34.8. The van der Waals surface area contributed by atoms with Gasteiger partial charge in [0.2, 0.25) is 0 Å². The lowest BCUT2D eigenvalue weighted by atomic mass is 9.72. The molecule has 0 spiro atoms. The lowest BCUT2D eigenvalue weighted by Crippen LogP contribution is -2.31. The predicted octanol–water partition coefficient (Wildman–Crippen LogP) is 5.64. The Morgan fingerprint density at radius 2 is 0.933 bits per heavy atom. The maximum atomic E-state index is 10.1. The van der Waals surface area contributed by atoms with Crippen LogP contribution in [-0.4, -0.2) is 17.2 Å². The van der Waals surface area contributed by atoms with Crippen LogP contribution in [0, 0.1) is 0 Å². The number of rotatable bonds is 3. The summed E-state index contributed by atoms with van der Waals surface area (Å²) >= 11 is 0. The first-order chi connectivity index (χ1) is 14.2. The molecule has 30 heavy (non-hydrogen) atoms. The molecule has 0 fully saturated rings. The minimum absolute atomic E-state index is 0. The van der Waals surface area contributed by atoms with E-state index in [0.29, 0.717) is 5.46 Å². The molecule has 0 amide bonds. The second kappa shape index (κ2) is 8.15. The molecule has 0 aliphatic rings. The molecule has 5 aromatic rings. The van der Waals surface area contributed by atoms with E-state index in [1.165, 1.54) is 5.56 Å². The molecule has 0 bridgehead atoms. The van der Waals surface area contributed by atoms with Crippen LogP contribution in [-0.2, 0) is 0 Å². The van der Waals surface area contributed by atoms with Gasteiger partial charge in [0.05, 0.1) is 0 Å². The normalized spacial score (nSPS) is 10.7. The van der Waals surface area contributed by atoms with Crippen molar-refractivity contribution in [3.05, 3.63) is 103 Å². The summed E-state index contributed by atoms with van der Waals surface area (Å²) in [5, 5.41) is 24.0. The van der Waals surface area contributed by atoms with Crippen LogP contribution in [0.4, 0.5) is 0 Å². The average Bonchev–Trinajstić information content (AvgIpc) is 2.77. The maximum Gasteiger partial charge on any atom is 0.489 e. The third-order valence-electron chi connectivity index (χ3n) is 5.49. The molecule has 2 N–H and O–H groups in total. The average molecular weight is 390 g/mol. The molecule has 146 valence electrons. The smallest absolute Gasteiger partial charge is 0.423 e. The number of benzene rings is 5. The standard InChI is InChI=1S/C26H19BO2.CH4/c28-27(29)26-23-15-6-4-13-21(23)25(22-14-5-7-16-24(22)26)20-12-8-11-19(17-20)18-9-2-1-3-10-18;/h1-17,28-29H;1H4. The number of hydrogen-bond donors (Lipinski definition) is 2. The molecular formula is C27H23BO2. The van der Waals surface area contributed by atoms with Crippen LogP contribution in [0.1, 0.15) is 7.43 Å². The quantitative estimate of drug-likeness (QED) is 0.309. The van der Waals surface area contributed by atoms with Gasteiger partial charge in [-0.05, 0) is 55.3 Å². The van der Waals surface area contributed by atoms with Crippen molar-refractivity contribution in [2.24, 2.45) is 0 Å². The van der Waals surface area contributed by atoms with E-state index in [4.69, 9.17) is 0 Å². The minimum Gasteiger partial charge on any atom is -0.423 e. The van der Waals surface area contributed by atoms with E-state index in [2.05, 4.69) is 48.5 Å². The van der Waals surface area contributed by atoms with Crippen molar-refractivity contribution in [1.82, 2.24) is 0 Å². The number of fused-ring (bicyclic) bond motifs is 2.